The molecular formula is C34H32F3N5O2. The summed E-state index contributed by atoms with van der Waals surface area (Å²) in [6, 6.07) is 12.7. The SMILES string of the molecule is N#Cc1c(OCC23CCCN2C[C@H](F)C3)nc2c(F)c(-c3cc(O)cc4cccc(F)c34)ccc2c1N1C[C@H](N)C2(CC2)C1. The molecule has 7 nitrogen and oxygen atoms in total. The third kappa shape index (κ3) is 4.06. The van der Waals surface area contributed by atoms with Crippen molar-refractivity contribution in [2.75, 3.05) is 37.7 Å². The summed E-state index contributed by atoms with van der Waals surface area (Å²) in [6.45, 7) is 2.40. The topological polar surface area (TPSA) is 98.6 Å². The van der Waals surface area contributed by atoms with E-state index in [1.54, 1.807) is 18.2 Å². The van der Waals surface area contributed by atoms with Crippen molar-refractivity contribution in [1.82, 2.24) is 9.88 Å². The Hall–Kier alpha value is -4.07. The fourth-order valence-corrected chi connectivity index (χ4v) is 8.08. The van der Waals surface area contributed by atoms with Gasteiger partial charge in [-0.2, -0.15) is 5.26 Å². The maximum atomic E-state index is 16.8. The maximum Gasteiger partial charge on any atom is 0.234 e. The lowest BCUT2D eigenvalue weighted by Crippen LogP contribution is -2.43. The van der Waals surface area contributed by atoms with Crippen LogP contribution in [0.25, 0.3) is 32.8 Å². The molecular weight excluding hydrogens is 567 g/mol. The fourth-order valence-electron chi connectivity index (χ4n) is 8.08. The van der Waals surface area contributed by atoms with E-state index in [9.17, 15) is 14.8 Å². The van der Waals surface area contributed by atoms with Gasteiger partial charge >= 0.3 is 0 Å². The van der Waals surface area contributed by atoms with Gasteiger partial charge in [0.15, 0.2) is 5.82 Å². The summed E-state index contributed by atoms with van der Waals surface area (Å²) in [4.78, 5) is 8.76. The first kappa shape index (κ1) is 27.5. The summed E-state index contributed by atoms with van der Waals surface area (Å²) in [5.41, 5.74) is 6.97. The number of hydrogen-bond donors (Lipinski definition) is 2. The molecule has 1 aromatic heterocycles. The maximum absolute atomic E-state index is 16.8. The molecule has 3 saturated heterocycles. The number of pyridine rings is 1. The molecule has 4 aliphatic rings. The Kier molecular flexibility index (Phi) is 6.07. The van der Waals surface area contributed by atoms with Gasteiger partial charge in [-0.3, -0.25) is 4.90 Å². The van der Waals surface area contributed by atoms with E-state index in [1.807, 2.05) is 4.90 Å². The number of aromatic nitrogens is 1. The van der Waals surface area contributed by atoms with Crippen molar-refractivity contribution >= 4 is 27.4 Å². The molecule has 3 aliphatic heterocycles. The molecule has 1 unspecified atom stereocenters. The molecule has 0 amide bonds. The first-order valence-corrected chi connectivity index (χ1v) is 15.2. The second-order valence-corrected chi connectivity index (χ2v) is 13.1. The van der Waals surface area contributed by atoms with Crippen molar-refractivity contribution in [3.63, 3.8) is 0 Å². The summed E-state index contributed by atoms with van der Waals surface area (Å²) < 4.78 is 52.7. The smallest absolute Gasteiger partial charge is 0.234 e. The molecule has 0 bridgehead atoms. The lowest BCUT2D eigenvalue weighted by molar-refractivity contribution is 0.110. The van der Waals surface area contributed by atoms with Crippen LogP contribution in [0.1, 0.15) is 37.7 Å². The van der Waals surface area contributed by atoms with Crippen molar-refractivity contribution in [2.45, 2.75) is 49.9 Å². The zero-order chi connectivity index (χ0) is 30.4. The molecule has 3 aromatic carbocycles. The van der Waals surface area contributed by atoms with Gasteiger partial charge in [-0.25, -0.2) is 18.2 Å². The standard InChI is InChI=1S/C34H32F3N5O2/c35-20-13-34(7-2-10-42(34)15-20)18-44-32-25(14-38)31(41-16-27(39)33(17-41)8-9-33)23-6-5-22(29(37)30(23)40-32)24-12-21(43)11-19-3-1-4-26(36)28(19)24/h1,3-6,11-12,20,27,43H,2,7-10,13,15-18,39H2/t20-,27+,34?/m1/s1. The Morgan fingerprint density at radius 1 is 1.11 bits per heavy atom. The number of benzene rings is 3. The number of halogens is 3. The summed E-state index contributed by atoms with van der Waals surface area (Å²) in [6.07, 6.45) is 3.08. The average Bonchev–Trinajstić information content (AvgIpc) is 3.43. The number of fused-ring (bicyclic) bond motifs is 3. The molecule has 8 rings (SSSR count). The van der Waals surface area contributed by atoms with Crippen LogP contribution in [-0.4, -0.2) is 65.5 Å². The Balaban J connectivity index is 1.31. The minimum atomic E-state index is -0.951. The first-order chi connectivity index (χ1) is 21.2. The molecule has 226 valence electrons. The molecule has 1 spiro atoms. The van der Waals surface area contributed by atoms with Gasteiger partial charge < -0.3 is 20.5 Å². The predicted octanol–water partition coefficient (Wildman–Crippen LogP) is 5.79. The van der Waals surface area contributed by atoms with Crippen LogP contribution in [0.2, 0.25) is 0 Å². The van der Waals surface area contributed by atoms with Gasteiger partial charge in [-0.05, 0) is 67.4 Å². The van der Waals surface area contributed by atoms with E-state index in [-0.39, 0.29) is 57.3 Å². The highest BCUT2D eigenvalue weighted by Crippen LogP contribution is 2.54. The van der Waals surface area contributed by atoms with Crippen molar-refractivity contribution in [2.24, 2.45) is 11.1 Å². The van der Waals surface area contributed by atoms with Gasteiger partial charge in [0, 0.05) is 53.8 Å². The molecule has 44 heavy (non-hydrogen) atoms. The van der Waals surface area contributed by atoms with Crippen molar-refractivity contribution < 1.29 is 23.0 Å². The highest BCUT2D eigenvalue weighted by atomic mass is 19.1. The fraction of sp³-hybridized carbons (Fsp3) is 0.412. The number of nitrogens with two attached hydrogens (primary N) is 1. The van der Waals surface area contributed by atoms with E-state index in [4.69, 9.17) is 10.5 Å². The normalized spacial score (nSPS) is 25.7. The van der Waals surface area contributed by atoms with E-state index in [0.29, 0.717) is 42.5 Å². The van der Waals surface area contributed by atoms with E-state index in [1.165, 1.54) is 24.3 Å². The molecule has 1 aliphatic carbocycles. The first-order valence-electron chi connectivity index (χ1n) is 15.2. The lowest BCUT2D eigenvalue weighted by atomic mass is 9.94. The van der Waals surface area contributed by atoms with Crippen LogP contribution in [0.3, 0.4) is 0 Å². The summed E-state index contributed by atoms with van der Waals surface area (Å²) in [5, 5.41) is 22.0. The molecule has 10 heteroatoms. The predicted molar refractivity (Wildman–Crippen MR) is 161 cm³/mol. The van der Waals surface area contributed by atoms with Gasteiger partial charge in [-0.1, -0.05) is 18.2 Å². The monoisotopic (exact) mass is 599 g/mol. The third-order valence-electron chi connectivity index (χ3n) is 10.5. The Bertz CT molecular complexity index is 1890. The van der Waals surface area contributed by atoms with Gasteiger partial charge in [0.05, 0.1) is 11.2 Å². The highest BCUT2D eigenvalue weighted by molar-refractivity contribution is 6.03. The number of aromatic hydroxyl groups is 1. The minimum absolute atomic E-state index is 0.00755. The Labute approximate surface area is 252 Å². The Morgan fingerprint density at radius 3 is 2.73 bits per heavy atom. The van der Waals surface area contributed by atoms with E-state index >= 15 is 8.78 Å². The number of rotatable bonds is 5. The number of nitriles is 1. The Morgan fingerprint density at radius 2 is 1.95 bits per heavy atom. The van der Waals surface area contributed by atoms with Crippen LogP contribution in [0.5, 0.6) is 11.6 Å². The second kappa shape index (κ2) is 9.71. The van der Waals surface area contributed by atoms with E-state index < -0.39 is 23.3 Å². The van der Waals surface area contributed by atoms with Crippen molar-refractivity contribution in [3.05, 3.63) is 59.7 Å². The van der Waals surface area contributed by atoms with Gasteiger partial charge in [0.2, 0.25) is 5.88 Å². The van der Waals surface area contributed by atoms with Gasteiger partial charge in [-0.15, -0.1) is 0 Å². The van der Waals surface area contributed by atoms with Crippen molar-refractivity contribution in [1.29, 1.82) is 5.26 Å². The molecule has 3 atom stereocenters. The number of anilines is 1. The van der Waals surface area contributed by atoms with Gasteiger partial charge in [0.1, 0.15) is 41.5 Å². The largest absolute Gasteiger partial charge is 0.508 e. The highest BCUT2D eigenvalue weighted by Gasteiger charge is 2.54. The van der Waals surface area contributed by atoms with Crippen LogP contribution in [0, 0.1) is 28.4 Å². The number of hydrogen-bond acceptors (Lipinski definition) is 7. The number of nitrogens with zero attached hydrogens (tertiary/aromatic N) is 4. The molecule has 1 saturated carbocycles. The molecule has 4 fully saturated rings. The third-order valence-corrected chi connectivity index (χ3v) is 10.5. The number of phenols is 1. The lowest BCUT2D eigenvalue weighted by Gasteiger charge is -2.31. The average molecular weight is 600 g/mol. The molecule has 4 aromatic rings. The van der Waals surface area contributed by atoms with Crippen LogP contribution in [0.4, 0.5) is 18.9 Å². The molecule has 0 radical (unpaired) electrons. The van der Waals surface area contributed by atoms with E-state index in [0.717, 1.165) is 32.2 Å². The van der Waals surface area contributed by atoms with Gasteiger partial charge in [0.25, 0.3) is 0 Å². The summed E-state index contributed by atoms with van der Waals surface area (Å²) in [7, 11) is 0. The number of alkyl halides is 1. The minimum Gasteiger partial charge on any atom is -0.508 e. The van der Waals surface area contributed by atoms with Crippen LogP contribution in [-0.2, 0) is 0 Å². The van der Waals surface area contributed by atoms with Crippen LogP contribution in [0.15, 0.2) is 42.5 Å². The molecule has 4 heterocycles. The number of phenolic OH excluding ortho intramolecular Hbond substituents is 1. The molecule has 3 N–H and O–H groups in total. The van der Waals surface area contributed by atoms with Crippen LogP contribution < -0.4 is 15.4 Å². The zero-order valence-corrected chi connectivity index (χ0v) is 24.1. The van der Waals surface area contributed by atoms with Crippen molar-refractivity contribution in [3.8, 4) is 28.8 Å². The number of ether oxygens (including phenoxy) is 1. The quantitative estimate of drug-likeness (QED) is 0.300. The van der Waals surface area contributed by atoms with E-state index in [2.05, 4.69) is 16.0 Å². The summed E-state index contributed by atoms with van der Waals surface area (Å²) >= 11 is 0. The second-order valence-electron chi connectivity index (χ2n) is 13.1. The van der Waals surface area contributed by atoms with Crippen LogP contribution >= 0.6 is 0 Å². The summed E-state index contributed by atoms with van der Waals surface area (Å²) in [5.74, 6) is -1.40. The zero-order valence-electron chi connectivity index (χ0n) is 24.1.